The Morgan fingerprint density at radius 1 is 1.25 bits per heavy atom. The first-order valence-corrected chi connectivity index (χ1v) is 8.85. The maximum atomic E-state index is 9.94. The molecule has 0 saturated carbocycles. The molecule has 5 nitrogen and oxygen atoms in total. The summed E-state index contributed by atoms with van der Waals surface area (Å²) < 4.78 is 2.19. The lowest BCUT2D eigenvalue weighted by atomic mass is 10.1. The Labute approximate surface area is 143 Å². The van der Waals surface area contributed by atoms with Crippen LogP contribution in [0.3, 0.4) is 0 Å². The highest BCUT2D eigenvalue weighted by molar-refractivity contribution is 5.31. The number of rotatable bonds is 3. The molecule has 1 N–H and O–H groups in total. The molecule has 0 amide bonds. The van der Waals surface area contributed by atoms with Crippen molar-refractivity contribution in [3.63, 3.8) is 0 Å². The number of aromatic nitrogens is 2. The van der Waals surface area contributed by atoms with Crippen LogP contribution in [0.25, 0.3) is 5.82 Å². The van der Waals surface area contributed by atoms with Gasteiger partial charge in [0.2, 0.25) is 0 Å². The molecular formula is C19H26N4O. The number of hydrogen-bond donors (Lipinski definition) is 1. The minimum absolute atomic E-state index is 0.150. The number of fused-ring (bicyclic) bond motifs is 1. The molecule has 3 atom stereocenters. The molecule has 24 heavy (non-hydrogen) atoms. The third-order valence-corrected chi connectivity index (χ3v) is 5.42. The van der Waals surface area contributed by atoms with Gasteiger partial charge in [-0.25, -0.2) is 4.98 Å². The van der Waals surface area contributed by atoms with Crippen LogP contribution in [0.1, 0.15) is 24.6 Å². The first-order valence-electron chi connectivity index (χ1n) is 8.85. The number of nitrogens with zero attached hydrogens (tertiary/aromatic N) is 4. The summed E-state index contributed by atoms with van der Waals surface area (Å²) in [5.41, 5.74) is 2.49. The summed E-state index contributed by atoms with van der Waals surface area (Å²) >= 11 is 0. The SMILES string of the molecule is Cc1ccnc(-n2cccc2CN2C[C@H]3C[C@@H](O)CN3C[C@H]2C)c1. The van der Waals surface area contributed by atoms with Gasteiger partial charge in [0, 0.05) is 56.4 Å². The van der Waals surface area contributed by atoms with Crippen LogP contribution in [0.4, 0.5) is 0 Å². The first kappa shape index (κ1) is 15.8. The third-order valence-electron chi connectivity index (χ3n) is 5.42. The molecule has 2 aliphatic rings. The Kier molecular flexibility index (Phi) is 4.16. The Balaban J connectivity index is 1.53. The highest BCUT2D eigenvalue weighted by atomic mass is 16.3. The molecular weight excluding hydrogens is 300 g/mol. The molecule has 2 aliphatic heterocycles. The lowest BCUT2D eigenvalue weighted by molar-refractivity contribution is 0.0517. The van der Waals surface area contributed by atoms with Gasteiger partial charge in [-0.05, 0) is 50.1 Å². The molecule has 0 aromatic carbocycles. The third kappa shape index (κ3) is 2.99. The number of hydrogen-bond acceptors (Lipinski definition) is 4. The monoisotopic (exact) mass is 326 g/mol. The van der Waals surface area contributed by atoms with Crippen LogP contribution in [0, 0.1) is 6.92 Å². The minimum Gasteiger partial charge on any atom is -0.392 e. The second-order valence-electron chi connectivity index (χ2n) is 7.34. The number of pyridine rings is 1. The molecule has 2 aromatic heterocycles. The molecule has 128 valence electrons. The second kappa shape index (κ2) is 6.31. The fourth-order valence-electron chi connectivity index (χ4n) is 4.13. The summed E-state index contributed by atoms with van der Waals surface area (Å²) in [6, 6.07) is 9.43. The van der Waals surface area contributed by atoms with Crippen LogP contribution in [-0.2, 0) is 6.54 Å². The molecule has 4 heterocycles. The highest BCUT2D eigenvalue weighted by Crippen LogP contribution is 2.26. The van der Waals surface area contributed by atoms with E-state index in [1.54, 1.807) is 0 Å². The van der Waals surface area contributed by atoms with Crippen LogP contribution in [-0.4, -0.2) is 62.3 Å². The van der Waals surface area contributed by atoms with Gasteiger partial charge in [0.05, 0.1) is 6.10 Å². The van der Waals surface area contributed by atoms with E-state index in [1.807, 2.05) is 12.3 Å². The normalized spacial score (nSPS) is 28.2. The number of aryl methyl sites for hydroxylation is 1. The summed E-state index contributed by atoms with van der Waals surface area (Å²) in [6.45, 7) is 8.23. The van der Waals surface area contributed by atoms with E-state index >= 15 is 0 Å². The first-order chi connectivity index (χ1) is 11.6. The van der Waals surface area contributed by atoms with Gasteiger partial charge >= 0.3 is 0 Å². The van der Waals surface area contributed by atoms with Crippen molar-refractivity contribution in [1.29, 1.82) is 0 Å². The van der Waals surface area contributed by atoms with Crippen molar-refractivity contribution in [3.05, 3.63) is 47.9 Å². The fraction of sp³-hybridized carbons (Fsp3) is 0.526. The van der Waals surface area contributed by atoms with Gasteiger partial charge in [0.15, 0.2) is 0 Å². The fourth-order valence-corrected chi connectivity index (χ4v) is 4.13. The molecule has 2 saturated heterocycles. The average Bonchev–Trinajstić information content (AvgIpc) is 3.13. The van der Waals surface area contributed by atoms with E-state index in [0.717, 1.165) is 38.4 Å². The topological polar surface area (TPSA) is 44.5 Å². The van der Waals surface area contributed by atoms with Crippen LogP contribution in [0.5, 0.6) is 0 Å². The predicted molar refractivity (Wildman–Crippen MR) is 94.2 cm³/mol. The lowest BCUT2D eigenvalue weighted by Crippen LogP contribution is -2.54. The van der Waals surface area contributed by atoms with Crippen molar-refractivity contribution in [3.8, 4) is 5.82 Å². The highest BCUT2D eigenvalue weighted by Gasteiger charge is 2.38. The van der Waals surface area contributed by atoms with Crippen molar-refractivity contribution in [1.82, 2.24) is 19.4 Å². The van der Waals surface area contributed by atoms with E-state index in [9.17, 15) is 5.11 Å². The zero-order chi connectivity index (χ0) is 16.7. The number of piperazine rings is 1. The summed E-state index contributed by atoms with van der Waals surface area (Å²) in [5, 5.41) is 9.94. The average molecular weight is 326 g/mol. The maximum absolute atomic E-state index is 9.94. The number of aliphatic hydroxyl groups excluding tert-OH is 1. The molecule has 5 heteroatoms. The zero-order valence-corrected chi connectivity index (χ0v) is 14.5. The van der Waals surface area contributed by atoms with E-state index in [1.165, 1.54) is 11.3 Å². The minimum atomic E-state index is -0.150. The van der Waals surface area contributed by atoms with E-state index in [0.29, 0.717) is 12.1 Å². The van der Waals surface area contributed by atoms with Gasteiger partial charge in [-0.2, -0.15) is 0 Å². The standard InChI is InChI=1S/C19H26N4O/c1-14-5-6-20-19(8-14)23-7-3-4-16(23)11-21-12-17-9-18(24)13-22(17)10-15(21)2/h3-8,15,17-18,24H,9-13H2,1-2H3/t15-,17-,18-/m1/s1. The lowest BCUT2D eigenvalue weighted by Gasteiger charge is -2.42. The quantitative estimate of drug-likeness (QED) is 0.934. The molecule has 0 bridgehead atoms. The summed E-state index contributed by atoms with van der Waals surface area (Å²) in [4.78, 5) is 9.51. The van der Waals surface area contributed by atoms with Crippen molar-refractivity contribution < 1.29 is 5.11 Å². The van der Waals surface area contributed by atoms with Gasteiger partial charge in [-0.3, -0.25) is 9.80 Å². The smallest absolute Gasteiger partial charge is 0.137 e. The Morgan fingerprint density at radius 2 is 2.12 bits per heavy atom. The van der Waals surface area contributed by atoms with E-state index in [-0.39, 0.29) is 6.10 Å². The Hall–Kier alpha value is -1.69. The van der Waals surface area contributed by atoms with E-state index < -0.39 is 0 Å². The van der Waals surface area contributed by atoms with E-state index in [2.05, 4.69) is 57.6 Å². The van der Waals surface area contributed by atoms with Gasteiger partial charge in [0.1, 0.15) is 5.82 Å². The Morgan fingerprint density at radius 3 is 2.96 bits per heavy atom. The molecule has 0 spiro atoms. The van der Waals surface area contributed by atoms with Crippen LogP contribution < -0.4 is 0 Å². The van der Waals surface area contributed by atoms with E-state index in [4.69, 9.17) is 0 Å². The van der Waals surface area contributed by atoms with Crippen LogP contribution in [0.2, 0.25) is 0 Å². The molecule has 2 fully saturated rings. The largest absolute Gasteiger partial charge is 0.392 e. The molecule has 0 unspecified atom stereocenters. The summed E-state index contributed by atoms with van der Waals surface area (Å²) in [6.07, 6.45) is 4.72. The van der Waals surface area contributed by atoms with Crippen LogP contribution >= 0.6 is 0 Å². The van der Waals surface area contributed by atoms with Gasteiger partial charge in [0.25, 0.3) is 0 Å². The predicted octanol–water partition coefficient (Wildman–Crippen LogP) is 1.82. The molecule has 0 radical (unpaired) electrons. The molecule has 0 aliphatic carbocycles. The van der Waals surface area contributed by atoms with Crippen molar-refractivity contribution >= 4 is 0 Å². The van der Waals surface area contributed by atoms with Crippen molar-refractivity contribution in [2.45, 2.75) is 45.0 Å². The van der Waals surface area contributed by atoms with Gasteiger partial charge in [-0.15, -0.1) is 0 Å². The summed E-state index contributed by atoms with van der Waals surface area (Å²) in [5.74, 6) is 0.984. The maximum Gasteiger partial charge on any atom is 0.137 e. The molecule has 2 aromatic rings. The second-order valence-corrected chi connectivity index (χ2v) is 7.34. The van der Waals surface area contributed by atoms with Gasteiger partial charge in [-0.1, -0.05) is 0 Å². The number of aliphatic hydroxyl groups is 1. The summed E-state index contributed by atoms with van der Waals surface area (Å²) in [7, 11) is 0. The Bertz CT molecular complexity index is 713. The van der Waals surface area contributed by atoms with Crippen molar-refractivity contribution in [2.24, 2.45) is 0 Å². The van der Waals surface area contributed by atoms with Crippen LogP contribution in [0.15, 0.2) is 36.7 Å². The zero-order valence-electron chi connectivity index (χ0n) is 14.5. The van der Waals surface area contributed by atoms with Gasteiger partial charge < -0.3 is 9.67 Å². The van der Waals surface area contributed by atoms with Crippen molar-refractivity contribution in [2.75, 3.05) is 19.6 Å². The molecule has 4 rings (SSSR count).